The topological polar surface area (TPSA) is 38.5 Å². The highest BCUT2D eigenvalue weighted by Crippen LogP contribution is 2.28. The predicted molar refractivity (Wildman–Crippen MR) is 44.4 cm³/mol. The number of rotatable bonds is 0. The lowest BCUT2D eigenvalue weighted by molar-refractivity contribution is 1.09. The molecule has 0 aliphatic carbocycles. The zero-order valence-electron chi connectivity index (χ0n) is 6.20. The highest BCUT2D eigenvalue weighted by atomic mass is 15.2. The van der Waals surface area contributed by atoms with Crippen LogP contribution in [0.2, 0.25) is 0 Å². The van der Waals surface area contributed by atoms with Gasteiger partial charge in [-0.3, -0.25) is 0 Å². The monoisotopic (exact) mass is 146 g/mol. The Morgan fingerprint density at radius 2 is 1.91 bits per heavy atom. The van der Waals surface area contributed by atoms with E-state index in [1.54, 1.807) is 0 Å². The Hall–Kier alpha value is -1.51. The summed E-state index contributed by atoms with van der Waals surface area (Å²) in [6.07, 6.45) is 0. The number of guanidine groups is 1. The van der Waals surface area contributed by atoms with E-state index in [4.69, 9.17) is 0 Å². The molecule has 0 fully saturated rings. The van der Waals surface area contributed by atoms with Crippen LogP contribution in [0.25, 0.3) is 0 Å². The fourth-order valence-electron chi connectivity index (χ4n) is 1.02. The molecule has 0 spiro atoms. The van der Waals surface area contributed by atoms with Gasteiger partial charge in [-0.15, -0.1) is 0 Å². The first-order valence-corrected chi connectivity index (χ1v) is 3.47. The number of fused-ring (bicyclic) bond motifs is 1. The summed E-state index contributed by atoms with van der Waals surface area (Å²) >= 11 is 0. The zero-order chi connectivity index (χ0) is 7.68. The SMILES string of the molecule is CNC1=Nc2ccccc2[N]1. The highest BCUT2D eigenvalue weighted by molar-refractivity contribution is 5.94. The van der Waals surface area contributed by atoms with E-state index in [0.717, 1.165) is 11.4 Å². The third-order valence-corrected chi connectivity index (χ3v) is 1.56. The minimum Gasteiger partial charge on any atom is -0.357 e. The van der Waals surface area contributed by atoms with Crippen molar-refractivity contribution in [1.82, 2.24) is 10.6 Å². The summed E-state index contributed by atoms with van der Waals surface area (Å²) in [6, 6.07) is 7.80. The van der Waals surface area contributed by atoms with Crippen LogP contribution in [0.4, 0.5) is 11.4 Å². The molecule has 3 heteroatoms. The second-order valence-corrected chi connectivity index (χ2v) is 2.29. The Labute approximate surface area is 65.2 Å². The number of hydrogen-bond donors (Lipinski definition) is 1. The van der Waals surface area contributed by atoms with Gasteiger partial charge in [0.05, 0.1) is 11.4 Å². The number of aliphatic imine (C=N–C) groups is 1. The smallest absolute Gasteiger partial charge is 0.223 e. The van der Waals surface area contributed by atoms with Crippen LogP contribution in [0.15, 0.2) is 29.3 Å². The molecule has 0 aromatic heterocycles. The van der Waals surface area contributed by atoms with Gasteiger partial charge in [-0.25, -0.2) is 10.3 Å². The lowest BCUT2D eigenvalue weighted by atomic mass is 10.3. The molecule has 1 aromatic carbocycles. The van der Waals surface area contributed by atoms with Crippen molar-refractivity contribution in [2.45, 2.75) is 0 Å². The number of benzene rings is 1. The standard InChI is InChI=1S/C8H8N3/c1-9-8-10-6-4-2-3-5-7(6)11-8/h2-5H,1H3,(H,9,10). The molecule has 2 rings (SSSR count). The summed E-state index contributed by atoms with van der Waals surface area (Å²) in [4.78, 5) is 4.21. The quantitative estimate of drug-likeness (QED) is 0.585. The van der Waals surface area contributed by atoms with Gasteiger partial charge >= 0.3 is 0 Å². The van der Waals surface area contributed by atoms with Gasteiger partial charge in [0.25, 0.3) is 0 Å². The van der Waals surface area contributed by atoms with Crippen LogP contribution in [0, 0.1) is 0 Å². The van der Waals surface area contributed by atoms with Crippen LogP contribution in [-0.2, 0) is 0 Å². The van der Waals surface area contributed by atoms with Gasteiger partial charge in [0.1, 0.15) is 0 Å². The molecule has 0 atom stereocenters. The maximum atomic E-state index is 4.21. The summed E-state index contributed by atoms with van der Waals surface area (Å²) in [5, 5.41) is 7.10. The fraction of sp³-hybridized carbons (Fsp3) is 0.125. The van der Waals surface area contributed by atoms with E-state index in [1.165, 1.54) is 0 Å². The van der Waals surface area contributed by atoms with Gasteiger partial charge in [-0.2, -0.15) is 0 Å². The number of nitrogens with one attached hydrogen (secondary N) is 1. The molecule has 0 unspecified atom stereocenters. The van der Waals surface area contributed by atoms with Crippen molar-refractivity contribution in [1.29, 1.82) is 0 Å². The van der Waals surface area contributed by atoms with Crippen molar-refractivity contribution in [2.75, 3.05) is 7.05 Å². The molecule has 1 N–H and O–H groups in total. The van der Waals surface area contributed by atoms with Crippen LogP contribution in [0.5, 0.6) is 0 Å². The van der Waals surface area contributed by atoms with Gasteiger partial charge in [0.2, 0.25) is 5.96 Å². The van der Waals surface area contributed by atoms with Gasteiger partial charge in [0.15, 0.2) is 0 Å². The van der Waals surface area contributed by atoms with Crippen molar-refractivity contribution >= 4 is 17.3 Å². The molecule has 1 aliphatic rings. The van der Waals surface area contributed by atoms with Crippen molar-refractivity contribution in [3.63, 3.8) is 0 Å². The summed E-state index contributed by atoms with van der Waals surface area (Å²) in [6.45, 7) is 0. The number of nitrogens with zero attached hydrogens (tertiary/aromatic N) is 2. The number of hydrogen-bond acceptors (Lipinski definition) is 2. The van der Waals surface area contributed by atoms with Gasteiger partial charge in [-0.1, -0.05) is 12.1 Å². The Morgan fingerprint density at radius 3 is 2.55 bits per heavy atom. The second-order valence-electron chi connectivity index (χ2n) is 2.29. The summed E-state index contributed by atoms with van der Waals surface area (Å²) in [5.41, 5.74) is 1.88. The van der Waals surface area contributed by atoms with E-state index in [9.17, 15) is 0 Å². The van der Waals surface area contributed by atoms with E-state index in [-0.39, 0.29) is 0 Å². The first kappa shape index (κ1) is 6.22. The van der Waals surface area contributed by atoms with Crippen LogP contribution >= 0.6 is 0 Å². The summed E-state index contributed by atoms with van der Waals surface area (Å²) in [5.74, 6) is 0.686. The van der Waals surface area contributed by atoms with E-state index in [0.29, 0.717) is 5.96 Å². The summed E-state index contributed by atoms with van der Waals surface area (Å²) in [7, 11) is 1.81. The van der Waals surface area contributed by atoms with E-state index in [1.807, 2.05) is 31.3 Å². The van der Waals surface area contributed by atoms with E-state index >= 15 is 0 Å². The largest absolute Gasteiger partial charge is 0.357 e. The molecule has 0 saturated carbocycles. The maximum absolute atomic E-state index is 4.21. The average Bonchev–Trinajstić information content (AvgIpc) is 2.46. The minimum absolute atomic E-state index is 0.686. The van der Waals surface area contributed by atoms with Crippen molar-refractivity contribution < 1.29 is 0 Å². The molecule has 0 saturated heterocycles. The molecular weight excluding hydrogens is 138 g/mol. The van der Waals surface area contributed by atoms with Crippen LogP contribution < -0.4 is 10.6 Å². The summed E-state index contributed by atoms with van der Waals surface area (Å²) < 4.78 is 0. The minimum atomic E-state index is 0.686. The Morgan fingerprint density at radius 1 is 1.18 bits per heavy atom. The first-order chi connectivity index (χ1) is 5.40. The molecule has 55 valence electrons. The molecule has 1 heterocycles. The molecule has 1 aromatic rings. The molecule has 1 radical (unpaired) electrons. The third kappa shape index (κ3) is 0.941. The lowest BCUT2D eigenvalue weighted by Crippen LogP contribution is -2.22. The molecule has 11 heavy (non-hydrogen) atoms. The highest BCUT2D eigenvalue weighted by Gasteiger charge is 2.12. The van der Waals surface area contributed by atoms with Crippen LogP contribution in [0.3, 0.4) is 0 Å². The fourth-order valence-corrected chi connectivity index (χ4v) is 1.02. The van der Waals surface area contributed by atoms with Crippen molar-refractivity contribution in [3.05, 3.63) is 24.3 Å². The molecule has 1 aliphatic heterocycles. The maximum Gasteiger partial charge on any atom is 0.223 e. The van der Waals surface area contributed by atoms with Crippen molar-refractivity contribution in [2.24, 2.45) is 4.99 Å². The second kappa shape index (κ2) is 2.27. The van der Waals surface area contributed by atoms with Gasteiger partial charge < -0.3 is 5.32 Å². The zero-order valence-corrected chi connectivity index (χ0v) is 6.20. The van der Waals surface area contributed by atoms with Gasteiger partial charge in [-0.05, 0) is 12.1 Å². The van der Waals surface area contributed by atoms with Crippen LogP contribution in [0.1, 0.15) is 0 Å². The van der Waals surface area contributed by atoms with Crippen molar-refractivity contribution in [3.8, 4) is 0 Å². The lowest BCUT2D eigenvalue weighted by Gasteiger charge is -1.94. The third-order valence-electron chi connectivity index (χ3n) is 1.56. The molecular formula is C8H8N3. The normalized spacial score (nSPS) is 13.4. The first-order valence-electron chi connectivity index (χ1n) is 3.47. The Bertz CT molecular complexity index is 304. The Kier molecular flexibility index (Phi) is 1.28. The Balaban J connectivity index is 2.39. The predicted octanol–water partition coefficient (Wildman–Crippen LogP) is 1.14. The number of para-hydroxylation sites is 2. The van der Waals surface area contributed by atoms with Crippen LogP contribution in [-0.4, -0.2) is 13.0 Å². The van der Waals surface area contributed by atoms with Gasteiger partial charge in [0, 0.05) is 7.05 Å². The molecule has 3 nitrogen and oxygen atoms in total. The molecule has 0 amide bonds. The van der Waals surface area contributed by atoms with E-state index in [2.05, 4.69) is 15.6 Å². The average molecular weight is 146 g/mol. The van der Waals surface area contributed by atoms with E-state index < -0.39 is 0 Å². The molecule has 0 bridgehead atoms.